The highest BCUT2D eigenvalue weighted by Gasteiger charge is 2.22. The number of carbonyl (C=O) groups is 2. The monoisotopic (exact) mass is 1110 g/mol. The van der Waals surface area contributed by atoms with Gasteiger partial charge >= 0.3 is 11.9 Å². The van der Waals surface area contributed by atoms with Crippen LogP contribution in [0.5, 0.6) is 0 Å². The van der Waals surface area contributed by atoms with E-state index in [1.165, 1.54) is 244 Å². The molecule has 0 rings (SSSR count). The quantitative estimate of drug-likeness (QED) is 0.0195. The van der Waals surface area contributed by atoms with E-state index >= 15 is 0 Å². The second-order valence-corrected chi connectivity index (χ2v) is 25.3. The van der Waals surface area contributed by atoms with Gasteiger partial charge in [-0.15, -0.1) is 0 Å². The third-order valence-electron chi connectivity index (χ3n) is 14.9. The summed E-state index contributed by atoms with van der Waals surface area (Å²) in [5.74, 6) is -0.817. The number of carbonyl (C=O) groups excluding carboxylic acids is 2. The topological polar surface area (TPSA) is 111 Å². The van der Waals surface area contributed by atoms with E-state index in [1.807, 2.05) is 21.1 Å². The number of esters is 2. The lowest BCUT2D eigenvalue weighted by Gasteiger charge is -2.28. The van der Waals surface area contributed by atoms with E-state index in [4.69, 9.17) is 18.5 Å². The first-order chi connectivity index (χ1) is 37.5. The van der Waals surface area contributed by atoms with Gasteiger partial charge in [0.1, 0.15) is 19.8 Å². The normalized spacial score (nSPS) is 13.4. The molecule has 0 aliphatic carbocycles. The summed E-state index contributed by atoms with van der Waals surface area (Å²) < 4.78 is 34.3. The second-order valence-electron chi connectivity index (χ2n) is 23.8. The number of hydrogen-bond acceptors (Lipinski definition) is 8. The number of rotatable bonds is 62. The highest BCUT2D eigenvalue weighted by Crippen LogP contribution is 2.38. The van der Waals surface area contributed by atoms with Crippen molar-refractivity contribution in [3.63, 3.8) is 0 Å². The maximum atomic E-state index is 12.8. The molecule has 0 fully saturated rings. The number of allylic oxidation sites excluding steroid dienone is 6. The molecule has 0 aliphatic rings. The van der Waals surface area contributed by atoms with Gasteiger partial charge in [-0.1, -0.05) is 301 Å². The fourth-order valence-electron chi connectivity index (χ4n) is 9.79. The lowest BCUT2D eigenvalue weighted by atomic mass is 10.0. The minimum Gasteiger partial charge on any atom is -0.756 e. The number of phosphoric ester groups is 1. The first-order valence-corrected chi connectivity index (χ1v) is 34.7. The van der Waals surface area contributed by atoms with Crippen molar-refractivity contribution in [3.05, 3.63) is 36.5 Å². The molecule has 2 unspecified atom stereocenters. The molecule has 0 bridgehead atoms. The molecule has 0 aromatic heterocycles. The number of unbranched alkanes of at least 4 members (excludes halogenated alkanes) is 42. The largest absolute Gasteiger partial charge is 0.756 e. The standard InChI is InChI=1S/C67H128NO8P/c1-6-8-10-12-14-16-18-20-22-24-26-28-30-32-34-36-38-40-42-44-46-48-50-52-54-56-58-60-67(70)76-65(64-75-77(71,72)74-62-61-68(3,4)5)63-73-66(69)59-57-55-53-51-49-47-45-43-41-39-37-35-33-31-29-27-25-23-21-19-17-15-13-11-9-7-2/h18,20,24,26,30,32,65H,6-17,19,21-23,25,27-29,31,33-64H2,1-5H3/b20-18-,26-24-,32-30-. The van der Waals surface area contributed by atoms with E-state index in [-0.39, 0.29) is 32.0 Å². The predicted molar refractivity (Wildman–Crippen MR) is 328 cm³/mol. The summed E-state index contributed by atoms with van der Waals surface area (Å²) in [6.45, 7) is 4.29. The lowest BCUT2D eigenvalue weighted by molar-refractivity contribution is -0.870. The second kappa shape index (κ2) is 58.9. The summed E-state index contributed by atoms with van der Waals surface area (Å²) in [5, 5.41) is 0. The van der Waals surface area contributed by atoms with Crippen molar-refractivity contribution in [1.82, 2.24) is 0 Å². The molecule has 10 heteroatoms. The molecule has 0 aromatic carbocycles. The summed E-state index contributed by atoms with van der Waals surface area (Å²) in [4.78, 5) is 38.0. The Bertz CT molecular complexity index is 1390. The number of likely N-dealkylation sites (N-methyl/N-ethyl adjacent to an activating group) is 1. The first kappa shape index (κ1) is 75.2. The molecule has 454 valence electrons. The van der Waals surface area contributed by atoms with Crippen molar-refractivity contribution in [1.29, 1.82) is 0 Å². The molecule has 0 amide bonds. The highest BCUT2D eigenvalue weighted by atomic mass is 31.2. The van der Waals surface area contributed by atoms with Gasteiger partial charge in [0, 0.05) is 12.8 Å². The number of hydrogen-bond donors (Lipinski definition) is 0. The molecule has 0 heterocycles. The summed E-state index contributed by atoms with van der Waals surface area (Å²) in [7, 11) is 1.18. The Morgan fingerprint density at radius 1 is 0.403 bits per heavy atom. The van der Waals surface area contributed by atoms with Crippen molar-refractivity contribution in [3.8, 4) is 0 Å². The Morgan fingerprint density at radius 3 is 1.04 bits per heavy atom. The van der Waals surface area contributed by atoms with Gasteiger partial charge in [0.2, 0.25) is 0 Å². The van der Waals surface area contributed by atoms with Crippen LogP contribution in [0.25, 0.3) is 0 Å². The van der Waals surface area contributed by atoms with Crippen LogP contribution in [0.2, 0.25) is 0 Å². The van der Waals surface area contributed by atoms with Crippen LogP contribution >= 0.6 is 7.82 Å². The van der Waals surface area contributed by atoms with Gasteiger partial charge in [-0.25, -0.2) is 0 Å². The van der Waals surface area contributed by atoms with Gasteiger partial charge in [0.05, 0.1) is 27.7 Å². The van der Waals surface area contributed by atoms with Gasteiger partial charge in [-0.2, -0.15) is 0 Å². The van der Waals surface area contributed by atoms with Crippen LogP contribution in [0.1, 0.15) is 328 Å². The summed E-state index contributed by atoms with van der Waals surface area (Å²) in [5.41, 5.74) is 0. The van der Waals surface area contributed by atoms with Crippen molar-refractivity contribution in [2.45, 2.75) is 335 Å². The summed E-state index contributed by atoms with van der Waals surface area (Å²) >= 11 is 0. The molecular formula is C67H128NO8P. The zero-order valence-electron chi connectivity index (χ0n) is 51.7. The van der Waals surface area contributed by atoms with Crippen molar-refractivity contribution < 1.29 is 42.1 Å². The van der Waals surface area contributed by atoms with E-state index in [0.29, 0.717) is 17.4 Å². The number of ether oxygens (including phenoxy) is 2. The Kier molecular flexibility index (Phi) is 57.5. The third-order valence-corrected chi connectivity index (χ3v) is 15.9. The van der Waals surface area contributed by atoms with Crippen LogP contribution in [0.4, 0.5) is 0 Å². The molecule has 9 nitrogen and oxygen atoms in total. The van der Waals surface area contributed by atoms with E-state index in [1.54, 1.807) is 0 Å². The van der Waals surface area contributed by atoms with E-state index in [2.05, 4.69) is 50.3 Å². The fraction of sp³-hybridized carbons (Fsp3) is 0.881. The molecule has 0 N–H and O–H groups in total. The number of quaternary nitrogens is 1. The minimum atomic E-state index is -4.64. The fourth-order valence-corrected chi connectivity index (χ4v) is 10.5. The van der Waals surface area contributed by atoms with Crippen molar-refractivity contribution >= 4 is 19.8 Å². The third kappa shape index (κ3) is 63.3. The molecule has 77 heavy (non-hydrogen) atoms. The minimum absolute atomic E-state index is 0.0292. The maximum absolute atomic E-state index is 12.8. The average molecular weight is 1110 g/mol. The molecule has 0 spiro atoms. The van der Waals surface area contributed by atoms with Gasteiger partial charge in [-0.05, 0) is 51.4 Å². The number of nitrogens with zero attached hydrogens (tertiary/aromatic N) is 1. The summed E-state index contributed by atoms with van der Waals surface area (Å²) in [6.07, 6.45) is 73.5. The Balaban J connectivity index is 4.06. The smallest absolute Gasteiger partial charge is 0.306 e. The van der Waals surface area contributed by atoms with Crippen LogP contribution < -0.4 is 4.89 Å². The Morgan fingerprint density at radius 2 is 0.701 bits per heavy atom. The van der Waals surface area contributed by atoms with Crippen LogP contribution in [-0.4, -0.2) is 70.0 Å². The zero-order valence-corrected chi connectivity index (χ0v) is 52.6. The number of phosphoric acid groups is 1. The summed E-state index contributed by atoms with van der Waals surface area (Å²) in [6, 6.07) is 0. The molecule has 2 atom stereocenters. The predicted octanol–water partition coefficient (Wildman–Crippen LogP) is 20.5. The Hall–Kier alpha value is -1.77. The highest BCUT2D eigenvalue weighted by molar-refractivity contribution is 7.45. The van der Waals surface area contributed by atoms with E-state index < -0.39 is 26.5 Å². The Labute approximate surface area is 478 Å². The molecule has 0 saturated heterocycles. The lowest BCUT2D eigenvalue weighted by Crippen LogP contribution is -2.37. The molecule has 0 saturated carbocycles. The van der Waals surface area contributed by atoms with Crippen LogP contribution in [-0.2, 0) is 32.7 Å². The van der Waals surface area contributed by atoms with E-state index in [0.717, 1.165) is 51.4 Å². The molecular weight excluding hydrogens is 978 g/mol. The van der Waals surface area contributed by atoms with Gasteiger partial charge in [0.15, 0.2) is 6.10 Å². The van der Waals surface area contributed by atoms with Crippen LogP contribution in [0.15, 0.2) is 36.5 Å². The van der Waals surface area contributed by atoms with E-state index in [9.17, 15) is 19.0 Å². The molecule has 0 aromatic rings. The molecule has 0 radical (unpaired) electrons. The van der Waals surface area contributed by atoms with Crippen LogP contribution in [0.3, 0.4) is 0 Å². The maximum Gasteiger partial charge on any atom is 0.306 e. The van der Waals surface area contributed by atoms with Crippen molar-refractivity contribution in [2.75, 3.05) is 47.5 Å². The zero-order chi connectivity index (χ0) is 56.3. The van der Waals surface area contributed by atoms with Gasteiger partial charge in [-0.3, -0.25) is 14.2 Å². The van der Waals surface area contributed by atoms with Crippen LogP contribution in [0, 0.1) is 0 Å². The van der Waals surface area contributed by atoms with Crippen molar-refractivity contribution in [2.24, 2.45) is 0 Å². The molecule has 0 aliphatic heterocycles. The first-order valence-electron chi connectivity index (χ1n) is 33.2. The average Bonchev–Trinajstić information content (AvgIpc) is 3.39. The SMILES string of the molecule is CCCCCCC/C=C\C/C=C\C/C=C\CCCCCCCCCCCCCCC(=O)OC(COC(=O)CCCCCCCCCCCCCCCCCCCCCCCCCCCC)COP(=O)([O-])OCC[N+](C)(C)C. The van der Waals surface area contributed by atoms with Gasteiger partial charge in [0.25, 0.3) is 7.82 Å². The van der Waals surface area contributed by atoms with Gasteiger partial charge < -0.3 is 27.9 Å².